The molecule has 2 N–H and O–H groups in total. The number of rotatable bonds is 8. The van der Waals surface area contributed by atoms with Gasteiger partial charge in [-0.15, -0.1) is 11.3 Å². The number of hydrogen-bond donors (Lipinski definition) is 2. The number of aryl methyl sites for hydroxylation is 1. The van der Waals surface area contributed by atoms with Crippen LogP contribution in [-0.4, -0.2) is 26.6 Å². The third-order valence-electron chi connectivity index (χ3n) is 4.87. The highest BCUT2D eigenvalue weighted by Gasteiger charge is 2.18. The van der Waals surface area contributed by atoms with E-state index in [1.165, 1.54) is 28.7 Å². The molecule has 0 bridgehead atoms. The van der Waals surface area contributed by atoms with Crippen molar-refractivity contribution in [2.24, 2.45) is 0 Å². The molecule has 0 spiro atoms. The molecule has 7 nitrogen and oxygen atoms in total. The van der Waals surface area contributed by atoms with E-state index in [9.17, 15) is 4.79 Å². The third-order valence-corrected chi connectivity index (χ3v) is 6.50. The summed E-state index contributed by atoms with van der Waals surface area (Å²) in [6.45, 7) is 2.05. The number of H-pyrrole nitrogens is 1. The van der Waals surface area contributed by atoms with Gasteiger partial charge in [-0.25, -0.2) is 9.97 Å². The molecule has 0 unspecified atom stereocenters. The van der Waals surface area contributed by atoms with Crippen LogP contribution in [0.3, 0.4) is 0 Å². The van der Waals surface area contributed by atoms with Gasteiger partial charge in [-0.1, -0.05) is 41.6 Å². The van der Waals surface area contributed by atoms with Gasteiger partial charge < -0.3 is 19.1 Å². The average Bonchev–Trinajstić information content (AvgIpc) is 3.61. The second-order valence-electron chi connectivity index (χ2n) is 7.27. The number of hydrogen-bond acceptors (Lipinski definition) is 7. The van der Waals surface area contributed by atoms with Crippen molar-refractivity contribution in [3.05, 3.63) is 72.0 Å². The molecule has 1 aromatic carbocycles. The van der Waals surface area contributed by atoms with Gasteiger partial charge in [-0.2, -0.15) is 0 Å². The van der Waals surface area contributed by atoms with Gasteiger partial charge in [0.2, 0.25) is 5.91 Å². The number of carbonyl (C=O) groups is 1. The molecule has 5 rings (SSSR count). The Morgan fingerprint density at radius 1 is 1.06 bits per heavy atom. The van der Waals surface area contributed by atoms with E-state index in [0.717, 1.165) is 17.0 Å². The smallest absolute Gasteiger partial charge is 0.226 e. The summed E-state index contributed by atoms with van der Waals surface area (Å²) in [5, 5.41) is 6.12. The summed E-state index contributed by atoms with van der Waals surface area (Å²) >= 11 is 2.88. The maximum absolute atomic E-state index is 12.4. The molecule has 0 aliphatic rings. The minimum atomic E-state index is -0.0867. The minimum Gasteiger partial charge on any atom is -0.463 e. The number of carbonyl (C=O) groups excluding carboxylic acids is 1. The van der Waals surface area contributed by atoms with Gasteiger partial charge in [0, 0.05) is 23.1 Å². The van der Waals surface area contributed by atoms with Crippen molar-refractivity contribution in [1.29, 1.82) is 0 Å². The summed E-state index contributed by atoms with van der Waals surface area (Å²) in [6.07, 6.45) is 3.55. The summed E-state index contributed by atoms with van der Waals surface area (Å²) in [4.78, 5) is 24.9. The van der Waals surface area contributed by atoms with Gasteiger partial charge in [0.05, 0.1) is 18.2 Å². The Morgan fingerprint density at radius 2 is 1.82 bits per heavy atom. The molecular formula is C24H20N4O3S2. The average molecular weight is 477 g/mol. The zero-order valence-electron chi connectivity index (χ0n) is 17.7. The van der Waals surface area contributed by atoms with Gasteiger partial charge >= 0.3 is 0 Å². The molecule has 166 valence electrons. The molecule has 9 heteroatoms. The molecule has 4 aromatic heterocycles. The Balaban J connectivity index is 1.19. The molecule has 4 heterocycles. The van der Waals surface area contributed by atoms with Crippen LogP contribution < -0.4 is 5.32 Å². The zero-order valence-corrected chi connectivity index (χ0v) is 19.3. The summed E-state index contributed by atoms with van der Waals surface area (Å²) in [5.74, 6) is 1.79. The van der Waals surface area contributed by atoms with Crippen LogP contribution in [0.5, 0.6) is 0 Å². The van der Waals surface area contributed by atoms with Crippen molar-refractivity contribution >= 4 is 34.1 Å². The summed E-state index contributed by atoms with van der Waals surface area (Å²) in [6, 6.07) is 15.5. The van der Waals surface area contributed by atoms with E-state index in [1.807, 2.05) is 60.8 Å². The Morgan fingerprint density at radius 3 is 2.55 bits per heavy atom. The third kappa shape index (κ3) is 4.94. The van der Waals surface area contributed by atoms with E-state index in [2.05, 4.69) is 20.3 Å². The first kappa shape index (κ1) is 21.3. The number of aromatic nitrogens is 3. The number of imidazole rings is 1. The number of thiazole rings is 1. The fourth-order valence-corrected chi connectivity index (χ4v) is 4.77. The van der Waals surface area contributed by atoms with Crippen LogP contribution >= 0.6 is 23.1 Å². The lowest BCUT2D eigenvalue weighted by Gasteiger charge is -2.01. The molecule has 0 atom stereocenters. The van der Waals surface area contributed by atoms with Crippen LogP contribution in [0.25, 0.3) is 34.2 Å². The van der Waals surface area contributed by atoms with E-state index in [4.69, 9.17) is 8.83 Å². The topological polar surface area (TPSA) is 97.0 Å². The van der Waals surface area contributed by atoms with Crippen LogP contribution in [0.15, 0.2) is 80.4 Å². The van der Waals surface area contributed by atoms with Crippen molar-refractivity contribution in [3.63, 3.8) is 0 Å². The molecule has 0 saturated heterocycles. The second kappa shape index (κ2) is 9.51. The minimum absolute atomic E-state index is 0.0867. The maximum Gasteiger partial charge on any atom is 0.226 e. The van der Waals surface area contributed by atoms with Crippen LogP contribution in [0.2, 0.25) is 0 Å². The van der Waals surface area contributed by atoms with E-state index in [1.54, 1.807) is 12.5 Å². The molecule has 0 aliphatic heterocycles. The predicted octanol–water partition coefficient (Wildman–Crippen LogP) is 6.48. The number of aromatic amines is 1. The van der Waals surface area contributed by atoms with E-state index in [-0.39, 0.29) is 5.91 Å². The Bertz CT molecular complexity index is 1290. The zero-order chi connectivity index (χ0) is 22.6. The SMILES string of the molecule is Cc1ccc(-c2csc(NC(=O)CCSc3nc(-c4ccco4)c(-c4ccco4)[nH]3)n2)cc1. The standard InChI is InChI=1S/C24H20N4O3S2/c1-15-6-8-16(9-7-15)17-14-33-23(25-17)26-20(29)10-13-32-24-27-21(18-4-2-11-30-18)22(28-24)19-5-3-12-31-19/h2-9,11-12,14H,10,13H2,1H3,(H,27,28)(H,25,26,29). The van der Waals surface area contributed by atoms with Crippen molar-refractivity contribution in [1.82, 2.24) is 15.0 Å². The molecule has 5 aromatic rings. The Hall–Kier alpha value is -3.56. The number of anilines is 1. The monoisotopic (exact) mass is 476 g/mol. The highest BCUT2D eigenvalue weighted by atomic mass is 32.2. The van der Waals surface area contributed by atoms with Gasteiger partial charge in [0.15, 0.2) is 21.8 Å². The lowest BCUT2D eigenvalue weighted by Crippen LogP contribution is -2.12. The summed E-state index contributed by atoms with van der Waals surface area (Å²) < 4.78 is 11.0. The molecule has 1 amide bonds. The van der Waals surface area contributed by atoms with Gasteiger partial charge in [-0.3, -0.25) is 4.79 Å². The fourth-order valence-electron chi connectivity index (χ4n) is 3.22. The molecule has 0 fully saturated rings. The Kier molecular flexibility index (Phi) is 6.14. The van der Waals surface area contributed by atoms with Crippen molar-refractivity contribution < 1.29 is 13.6 Å². The number of furan rings is 2. The number of benzene rings is 1. The van der Waals surface area contributed by atoms with E-state index >= 15 is 0 Å². The number of nitrogens with zero attached hydrogens (tertiary/aromatic N) is 2. The first-order chi connectivity index (χ1) is 16.2. The van der Waals surface area contributed by atoms with Crippen molar-refractivity contribution in [2.75, 3.05) is 11.1 Å². The lowest BCUT2D eigenvalue weighted by molar-refractivity contribution is -0.115. The van der Waals surface area contributed by atoms with Crippen LogP contribution in [0, 0.1) is 6.92 Å². The number of nitrogens with one attached hydrogen (secondary N) is 2. The molecule has 33 heavy (non-hydrogen) atoms. The number of amides is 1. The van der Waals surface area contributed by atoms with Crippen LogP contribution in [0.1, 0.15) is 12.0 Å². The lowest BCUT2D eigenvalue weighted by atomic mass is 10.1. The van der Waals surface area contributed by atoms with E-state index < -0.39 is 0 Å². The normalized spacial score (nSPS) is 11.1. The van der Waals surface area contributed by atoms with Gasteiger partial charge in [0.1, 0.15) is 11.4 Å². The highest BCUT2D eigenvalue weighted by molar-refractivity contribution is 7.99. The van der Waals surface area contributed by atoms with Crippen molar-refractivity contribution in [2.45, 2.75) is 18.5 Å². The Labute approximate surface area is 198 Å². The fraction of sp³-hybridized carbons (Fsp3) is 0.125. The number of thioether (sulfide) groups is 1. The first-order valence-corrected chi connectivity index (χ1v) is 12.2. The van der Waals surface area contributed by atoms with Crippen LogP contribution in [0.4, 0.5) is 5.13 Å². The second-order valence-corrected chi connectivity index (χ2v) is 9.21. The van der Waals surface area contributed by atoms with Gasteiger partial charge in [-0.05, 0) is 31.2 Å². The largest absolute Gasteiger partial charge is 0.463 e. The maximum atomic E-state index is 12.4. The van der Waals surface area contributed by atoms with Crippen molar-refractivity contribution in [3.8, 4) is 34.2 Å². The first-order valence-electron chi connectivity index (χ1n) is 10.3. The molecular weight excluding hydrogens is 456 g/mol. The van der Waals surface area contributed by atoms with Gasteiger partial charge in [0.25, 0.3) is 0 Å². The molecule has 0 saturated carbocycles. The summed E-state index contributed by atoms with van der Waals surface area (Å²) in [7, 11) is 0. The van der Waals surface area contributed by atoms with E-state index in [0.29, 0.717) is 39.7 Å². The van der Waals surface area contributed by atoms with Crippen LogP contribution in [-0.2, 0) is 4.79 Å². The molecule has 0 aliphatic carbocycles. The quantitative estimate of drug-likeness (QED) is 0.249. The summed E-state index contributed by atoms with van der Waals surface area (Å²) in [5.41, 5.74) is 4.51. The predicted molar refractivity (Wildman–Crippen MR) is 130 cm³/mol. The molecule has 0 radical (unpaired) electrons. The highest BCUT2D eigenvalue weighted by Crippen LogP contribution is 2.33.